The highest BCUT2D eigenvalue weighted by atomic mass is 16.2. The fourth-order valence-corrected chi connectivity index (χ4v) is 4.04. The van der Waals surface area contributed by atoms with E-state index in [0.717, 1.165) is 24.8 Å². The molecule has 7 nitrogen and oxygen atoms in total. The van der Waals surface area contributed by atoms with Crippen molar-refractivity contribution in [3.05, 3.63) is 78.5 Å². The molecule has 2 amide bonds. The Morgan fingerprint density at radius 2 is 1.90 bits per heavy atom. The number of aromatic nitrogens is 3. The van der Waals surface area contributed by atoms with E-state index in [2.05, 4.69) is 22.2 Å². The van der Waals surface area contributed by atoms with Crippen molar-refractivity contribution < 1.29 is 9.59 Å². The number of carbonyl (C=O) groups is 2. The van der Waals surface area contributed by atoms with Crippen LogP contribution in [-0.2, 0) is 4.79 Å². The van der Waals surface area contributed by atoms with Crippen LogP contribution in [0.15, 0.2) is 67.4 Å². The number of benzene rings is 1. The van der Waals surface area contributed by atoms with Gasteiger partial charge in [0.25, 0.3) is 5.91 Å². The van der Waals surface area contributed by atoms with Gasteiger partial charge in [0.2, 0.25) is 5.91 Å². The van der Waals surface area contributed by atoms with Crippen molar-refractivity contribution in [2.45, 2.75) is 38.1 Å². The predicted molar refractivity (Wildman–Crippen MR) is 118 cm³/mol. The van der Waals surface area contributed by atoms with Gasteiger partial charge in [-0.15, -0.1) is 0 Å². The van der Waals surface area contributed by atoms with Gasteiger partial charge in [0, 0.05) is 37.7 Å². The zero-order valence-electron chi connectivity index (χ0n) is 17.6. The molecule has 1 saturated heterocycles. The van der Waals surface area contributed by atoms with Crippen molar-refractivity contribution in [1.29, 1.82) is 0 Å². The molecule has 2 aromatic heterocycles. The molecular formula is C24H27N5O2. The highest BCUT2D eigenvalue weighted by Gasteiger charge is 2.28. The summed E-state index contributed by atoms with van der Waals surface area (Å²) in [5.41, 5.74) is 1.59. The minimum absolute atomic E-state index is 0.0571. The molecule has 0 spiro atoms. The van der Waals surface area contributed by atoms with E-state index in [9.17, 15) is 9.59 Å². The first-order chi connectivity index (χ1) is 15.2. The second-order valence-corrected chi connectivity index (χ2v) is 7.82. The maximum Gasteiger partial charge on any atom is 0.253 e. The fraction of sp³-hybridized carbons (Fsp3) is 0.333. The molecule has 3 aromatic rings. The predicted octanol–water partition coefficient (Wildman–Crippen LogP) is 3.18. The number of piperidine rings is 1. The van der Waals surface area contributed by atoms with Crippen LogP contribution < -0.4 is 5.32 Å². The maximum atomic E-state index is 13.0. The standard InChI is InChI=1S/C24H27N5O2/c1-2-21(18-6-4-3-5-7-18)24(31)28-13-10-20(11-14-28)27-23(30)19-8-9-22(26-16-19)29-15-12-25-17-29/h3-9,12,15-17,20-21H,2,10-11,13-14H2,1H3,(H,27,30). The van der Waals surface area contributed by atoms with Crippen molar-refractivity contribution >= 4 is 11.8 Å². The van der Waals surface area contributed by atoms with Gasteiger partial charge < -0.3 is 10.2 Å². The lowest BCUT2D eigenvalue weighted by molar-refractivity contribution is -0.134. The molecule has 7 heteroatoms. The van der Waals surface area contributed by atoms with Crippen LogP contribution in [0.1, 0.15) is 48.0 Å². The third kappa shape index (κ3) is 4.82. The lowest BCUT2D eigenvalue weighted by atomic mass is 9.93. The minimum Gasteiger partial charge on any atom is -0.349 e. The number of likely N-dealkylation sites (tertiary alicyclic amines) is 1. The quantitative estimate of drug-likeness (QED) is 0.668. The van der Waals surface area contributed by atoms with E-state index in [1.54, 1.807) is 41.6 Å². The second-order valence-electron chi connectivity index (χ2n) is 7.82. The average molecular weight is 418 g/mol. The zero-order valence-corrected chi connectivity index (χ0v) is 17.6. The molecule has 1 aliphatic heterocycles. The largest absolute Gasteiger partial charge is 0.349 e. The first-order valence-electron chi connectivity index (χ1n) is 10.7. The lowest BCUT2D eigenvalue weighted by Gasteiger charge is -2.34. The van der Waals surface area contributed by atoms with Crippen LogP contribution in [0.5, 0.6) is 0 Å². The molecule has 1 unspecified atom stereocenters. The summed E-state index contributed by atoms with van der Waals surface area (Å²) in [7, 11) is 0. The zero-order chi connectivity index (χ0) is 21.6. The number of imidazole rings is 1. The van der Waals surface area contributed by atoms with Gasteiger partial charge in [-0.25, -0.2) is 9.97 Å². The van der Waals surface area contributed by atoms with Crippen LogP contribution >= 0.6 is 0 Å². The van der Waals surface area contributed by atoms with Crippen LogP contribution in [-0.4, -0.2) is 50.4 Å². The van der Waals surface area contributed by atoms with Gasteiger partial charge in [0.1, 0.15) is 12.1 Å². The van der Waals surface area contributed by atoms with Crippen molar-refractivity contribution in [3.63, 3.8) is 0 Å². The first kappa shape index (κ1) is 20.8. The summed E-state index contributed by atoms with van der Waals surface area (Å²) in [5, 5.41) is 3.09. The van der Waals surface area contributed by atoms with Crippen molar-refractivity contribution in [2.24, 2.45) is 0 Å². The molecule has 4 rings (SSSR count). The maximum absolute atomic E-state index is 13.0. The third-order valence-electron chi connectivity index (χ3n) is 5.83. The molecule has 0 bridgehead atoms. The molecule has 31 heavy (non-hydrogen) atoms. The van der Waals surface area contributed by atoms with Crippen LogP contribution in [0.2, 0.25) is 0 Å². The Labute approximate surface area is 182 Å². The highest BCUT2D eigenvalue weighted by molar-refractivity contribution is 5.94. The van der Waals surface area contributed by atoms with Crippen LogP contribution in [0.3, 0.4) is 0 Å². The summed E-state index contributed by atoms with van der Waals surface area (Å²) in [6.45, 7) is 3.37. The van der Waals surface area contributed by atoms with Gasteiger partial charge in [-0.1, -0.05) is 37.3 Å². The molecule has 3 heterocycles. The summed E-state index contributed by atoms with van der Waals surface area (Å²) in [4.78, 5) is 35.9. The smallest absolute Gasteiger partial charge is 0.253 e. The van der Waals surface area contributed by atoms with Crippen molar-refractivity contribution in [1.82, 2.24) is 24.8 Å². The highest BCUT2D eigenvalue weighted by Crippen LogP contribution is 2.24. The Bertz CT molecular complexity index is 994. The van der Waals surface area contributed by atoms with E-state index in [0.29, 0.717) is 24.5 Å². The van der Waals surface area contributed by atoms with Crippen molar-refractivity contribution in [3.8, 4) is 5.82 Å². The fourth-order valence-electron chi connectivity index (χ4n) is 4.04. The van der Waals surface area contributed by atoms with Gasteiger partial charge in [0.05, 0.1) is 11.5 Å². The number of amides is 2. The van der Waals surface area contributed by atoms with Crippen LogP contribution in [0.25, 0.3) is 5.82 Å². The SMILES string of the molecule is CCC(C(=O)N1CCC(NC(=O)c2ccc(-n3ccnc3)nc2)CC1)c1ccccc1. The lowest BCUT2D eigenvalue weighted by Crippen LogP contribution is -2.47. The Morgan fingerprint density at radius 1 is 1.13 bits per heavy atom. The molecule has 0 saturated carbocycles. The summed E-state index contributed by atoms with van der Waals surface area (Å²) in [6, 6.07) is 13.6. The summed E-state index contributed by atoms with van der Waals surface area (Å²) >= 11 is 0. The van der Waals surface area contributed by atoms with Crippen LogP contribution in [0, 0.1) is 0 Å². The van der Waals surface area contributed by atoms with Gasteiger partial charge in [-0.3, -0.25) is 14.2 Å². The molecule has 1 aromatic carbocycles. The van der Waals surface area contributed by atoms with Gasteiger partial charge in [0.15, 0.2) is 0 Å². The molecule has 1 atom stereocenters. The molecule has 0 radical (unpaired) electrons. The number of carbonyl (C=O) groups excluding carboxylic acids is 2. The molecule has 1 N–H and O–H groups in total. The Kier molecular flexibility index (Phi) is 6.40. The number of pyridine rings is 1. The van der Waals surface area contributed by atoms with Crippen molar-refractivity contribution in [2.75, 3.05) is 13.1 Å². The first-order valence-corrected chi connectivity index (χ1v) is 10.7. The normalized spacial score (nSPS) is 15.5. The minimum atomic E-state index is -0.134. The van der Waals surface area contributed by atoms with Crippen LogP contribution in [0.4, 0.5) is 0 Å². The topological polar surface area (TPSA) is 80.1 Å². The van der Waals surface area contributed by atoms with Gasteiger partial charge >= 0.3 is 0 Å². The van der Waals surface area contributed by atoms with E-state index in [-0.39, 0.29) is 23.8 Å². The summed E-state index contributed by atoms with van der Waals surface area (Å²) < 4.78 is 1.79. The molecule has 0 aliphatic carbocycles. The monoisotopic (exact) mass is 417 g/mol. The van der Waals surface area contributed by atoms with E-state index >= 15 is 0 Å². The number of nitrogens with zero attached hydrogens (tertiary/aromatic N) is 4. The van der Waals surface area contributed by atoms with Gasteiger partial charge in [-0.05, 0) is 37.0 Å². The summed E-state index contributed by atoms with van der Waals surface area (Å²) in [5.74, 6) is 0.653. The Balaban J connectivity index is 1.30. The summed E-state index contributed by atoms with van der Waals surface area (Å²) in [6.07, 6.45) is 9.02. The van der Waals surface area contributed by atoms with Gasteiger partial charge in [-0.2, -0.15) is 0 Å². The molecule has 160 valence electrons. The number of nitrogens with one attached hydrogen (secondary N) is 1. The molecule has 1 aliphatic rings. The third-order valence-corrected chi connectivity index (χ3v) is 5.83. The van der Waals surface area contributed by atoms with E-state index in [1.165, 1.54) is 0 Å². The number of rotatable bonds is 6. The molecular weight excluding hydrogens is 390 g/mol. The number of hydrogen-bond donors (Lipinski definition) is 1. The van der Waals surface area contributed by atoms with E-state index in [1.807, 2.05) is 35.2 Å². The Hall–Kier alpha value is -3.48. The second kappa shape index (κ2) is 9.55. The van der Waals surface area contributed by atoms with E-state index in [4.69, 9.17) is 0 Å². The number of hydrogen-bond acceptors (Lipinski definition) is 4. The van der Waals surface area contributed by atoms with E-state index < -0.39 is 0 Å². The molecule has 1 fully saturated rings. The average Bonchev–Trinajstić information content (AvgIpc) is 3.36. The Morgan fingerprint density at radius 3 is 2.52 bits per heavy atom.